The molecule has 0 spiro atoms. The average Bonchev–Trinajstić information content (AvgIpc) is 1.56. The van der Waals surface area contributed by atoms with Crippen molar-refractivity contribution >= 4 is 141 Å². The molecule has 0 aliphatic heterocycles. The van der Waals surface area contributed by atoms with Crippen LogP contribution in [-0.4, -0.2) is 33.6 Å². The minimum absolute atomic E-state index is 0.244. The van der Waals surface area contributed by atoms with Crippen molar-refractivity contribution in [2.24, 2.45) is 0 Å². The molecule has 5 aromatic heterocycles. The third-order valence-corrected chi connectivity index (χ3v) is 29.1. The topological polar surface area (TPSA) is 66.3 Å². The number of para-hydroxylation sites is 2. The maximum absolute atomic E-state index is 5.46. The lowest BCUT2D eigenvalue weighted by molar-refractivity contribution is 0.662. The highest BCUT2D eigenvalue weighted by atomic mass is 15.2. The van der Waals surface area contributed by atoms with Crippen LogP contribution in [0.15, 0.2) is 431 Å². The molecule has 0 fully saturated rings. The summed E-state index contributed by atoms with van der Waals surface area (Å²) < 4.78 is 7.01. The second-order valence-electron chi connectivity index (χ2n) is 37.1. The first-order valence-electron chi connectivity index (χ1n) is 46.1. The van der Waals surface area contributed by atoms with Crippen molar-refractivity contribution in [3.8, 4) is 107 Å². The fourth-order valence-corrected chi connectivity index (χ4v) is 22.6. The van der Waals surface area contributed by atoms with Gasteiger partial charge in [0.1, 0.15) is 0 Å². The number of benzene rings is 21. The van der Waals surface area contributed by atoms with Gasteiger partial charge in [0.05, 0.1) is 55.9 Å². The summed E-state index contributed by atoms with van der Waals surface area (Å²) in [5.74, 6) is 1.29. The number of rotatable bonds is 9. The summed E-state index contributed by atoms with van der Waals surface area (Å²) in [5, 5.41) is 25.1. The van der Waals surface area contributed by atoms with Gasteiger partial charge in [0.2, 0.25) is 11.9 Å². The fourth-order valence-electron chi connectivity index (χ4n) is 22.6. The minimum Gasteiger partial charge on any atom is -0.309 e. The lowest BCUT2D eigenvalue weighted by Crippen LogP contribution is -2.15. The predicted molar refractivity (Wildman–Crippen MR) is 557 cm³/mol. The molecule has 7 nitrogen and oxygen atoms in total. The zero-order chi connectivity index (χ0) is 88.1. The van der Waals surface area contributed by atoms with Gasteiger partial charge in [-0.1, -0.05) is 343 Å². The van der Waals surface area contributed by atoms with E-state index in [4.69, 9.17) is 19.9 Å². The van der Waals surface area contributed by atoms with Crippen LogP contribution in [0.5, 0.6) is 0 Å². The van der Waals surface area contributed by atoms with Crippen LogP contribution in [-0.2, 0) is 10.8 Å². The molecule has 0 N–H and O–H groups in total. The average molecular weight is 1700 g/mol. The van der Waals surface area contributed by atoms with Crippen molar-refractivity contribution in [1.82, 2.24) is 33.6 Å². The van der Waals surface area contributed by atoms with Gasteiger partial charge in [-0.3, -0.25) is 9.13 Å². The van der Waals surface area contributed by atoms with Gasteiger partial charge < -0.3 is 4.57 Å². The zero-order valence-corrected chi connectivity index (χ0v) is 73.6. The van der Waals surface area contributed by atoms with Crippen LogP contribution >= 0.6 is 0 Å². The summed E-state index contributed by atoms with van der Waals surface area (Å²) in [7, 11) is 0. The molecule has 622 valence electrons. The van der Waals surface area contributed by atoms with E-state index in [1.165, 1.54) is 175 Å². The molecular weight excluding hydrogens is 1610 g/mol. The highest BCUT2D eigenvalue weighted by Crippen LogP contribution is 2.57. The van der Waals surface area contributed by atoms with Gasteiger partial charge >= 0.3 is 0 Å². The standard InChI is InChI=1S/C67H44N4.C59H39N3/c1-67(2)58-37-52-49-27-15-13-25-47(49)46-24-12-14-26-48(46)51(52)36-53(58)54-39-65-57(38-59(54)67)56-35-44(43-30-32-63-55(34-43)50-28-16-17-29-62(50)70(63)45-22-10-5-11-23-45)31-33-64(56)71(65)66-68-60(41-18-6-3-7-19-41)40-61(69-66)42-20-8-4-9-21-42;1-59(2)52-32-47-45-26-14-12-24-43(45)42-23-11-13-25-44(42)46(47)31-48(52)49-34-57-51(33-53(49)59)50-30-39(41-27-15-21-36-16-9-10-22-40(36)41)28-29-56(50)62(57)58-60-54(37-17-5-3-6-18-37)35-55(61-58)38-19-7-4-8-20-38/h3-40H,1-2H3;3-35H,1-2H3. The highest BCUT2D eigenvalue weighted by molar-refractivity contribution is 6.28. The van der Waals surface area contributed by atoms with Crippen molar-refractivity contribution in [1.29, 1.82) is 0 Å². The van der Waals surface area contributed by atoms with Crippen molar-refractivity contribution < 1.29 is 0 Å². The zero-order valence-electron chi connectivity index (χ0n) is 73.6. The first-order chi connectivity index (χ1) is 65.4. The molecule has 2 aliphatic carbocycles. The number of hydrogen-bond acceptors (Lipinski definition) is 4. The van der Waals surface area contributed by atoms with Gasteiger partial charge in [-0.25, -0.2) is 19.9 Å². The molecule has 0 atom stereocenters. The van der Waals surface area contributed by atoms with Crippen LogP contribution in [0.2, 0.25) is 0 Å². The molecule has 0 saturated carbocycles. The third-order valence-electron chi connectivity index (χ3n) is 29.1. The van der Waals surface area contributed by atoms with Crippen LogP contribution in [0.25, 0.3) is 248 Å². The van der Waals surface area contributed by atoms with Gasteiger partial charge in [-0.15, -0.1) is 0 Å². The summed E-state index contributed by atoms with van der Waals surface area (Å²) >= 11 is 0. The number of fused-ring (bicyclic) bond motifs is 28. The normalized spacial score (nSPS) is 13.1. The Kier molecular flexibility index (Phi) is 16.7. The Morgan fingerprint density at radius 3 is 0.850 bits per heavy atom. The van der Waals surface area contributed by atoms with E-state index in [0.717, 1.165) is 83.7 Å². The molecule has 0 bridgehead atoms. The van der Waals surface area contributed by atoms with E-state index >= 15 is 0 Å². The van der Waals surface area contributed by atoms with Gasteiger partial charge in [0, 0.05) is 71.1 Å². The quantitative estimate of drug-likeness (QED) is 0.135. The van der Waals surface area contributed by atoms with Gasteiger partial charge in [-0.05, 0) is 257 Å². The largest absolute Gasteiger partial charge is 0.309 e. The van der Waals surface area contributed by atoms with Crippen LogP contribution in [0.4, 0.5) is 0 Å². The smallest absolute Gasteiger partial charge is 0.235 e. The Hall–Kier alpha value is -17.0. The van der Waals surface area contributed by atoms with E-state index < -0.39 is 0 Å². The molecule has 26 aromatic rings. The molecule has 2 aliphatic rings. The predicted octanol–water partition coefficient (Wildman–Crippen LogP) is 32.9. The lowest BCUT2D eigenvalue weighted by Gasteiger charge is -2.22. The maximum Gasteiger partial charge on any atom is 0.235 e. The highest BCUT2D eigenvalue weighted by Gasteiger charge is 2.40. The van der Waals surface area contributed by atoms with E-state index in [-0.39, 0.29) is 10.8 Å². The molecule has 28 rings (SSSR count). The van der Waals surface area contributed by atoms with Crippen LogP contribution in [0, 0.1) is 0 Å². The summed E-state index contributed by atoms with van der Waals surface area (Å²) in [4.78, 5) is 21.8. The van der Waals surface area contributed by atoms with Crippen molar-refractivity contribution in [3.63, 3.8) is 0 Å². The SMILES string of the molecule is CC1(C)c2cc3c4ccccc4c4ccccc4c3cc2-c2cc3c(cc21)c1cc(-c2ccc4c(c2)c2ccccc2n4-c2ccccc2)ccc1n3-c1nc(-c2ccccc2)cc(-c2ccccc2)n1.CC1(C)c2cc3c4ccccc4c4ccccc4c3cc2-c2cc3c(cc21)c1cc(-c2cccc4ccccc24)ccc1n3-c1nc(-c2ccccc2)cc(-c2ccccc2)n1. The molecule has 0 unspecified atom stereocenters. The summed E-state index contributed by atoms with van der Waals surface area (Å²) in [6.07, 6.45) is 0. The van der Waals surface area contributed by atoms with Crippen molar-refractivity contribution in [2.75, 3.05) is 0 Å². The Morgan fingerprint density at radius 1 is 0.165 bits per heavy atom. The monoisotopic (exact) mass is 1690 g/mol. The van der Waals surface area contributed by atoms with Crippen molar-refractivity contribution in [2.45, 2.75) is 38.5 Å². The second-order valence-corrected chi connectivity index (χ2v) is 37.1. The van der Waals surface area contributed by atoms with Gasteiger partial charge in [-0.2, -0.15) is 0 Å². The molecule has 133 heavy (non-hydrogen) atoms. The van der Waals surface area contributed by atoms with Crippen molar-refractivity contribution in [3.05, 3.63) is 453 Å². The maximum atomic E-state index is 5.46. The molecule has 0 amide bonds. The molecule has 0 radical (unpaired) electrons. The molecule has 5 heterocycles. The van der Waals surface area contributed by atoms with E-state index in [9.17, 15) is 0 Å². The fraction of sp³-hybridized carbons (Fsp3) is 0.0476. The van der Waals surface area contributed by atoms with E-state index in [1.807, 2.05) is 0 Å². The molecule has 0 saturated heterocycles. The van der Waals surface area contributed by atoms with Crippen LogP contribution in [0.3, 0.4) is 0 Å². The summed E-state index contributed by atoms with van der Waals surface area (Å²) in [6, 6.07) is 157. The Balaban J connectivity index is 0.000000137. The third kappa shape index (κ3) is 11.7. The van der Waals surface area contributed by atoms with Crippen LogP contribution < -0.4 is 0 Å². The van der Waals surface area contributed by atoms with Gasteiger partial charge in [0.25, 0.3) is 0 Å². The summed E-state index contributed by atoms with van der Waals surface area (Å²) in [6.45, 7) is 9.61. The second kappa shape index (κ2) is 29.3. The minimum atomic E-state index is -0.270. The molecule has 21 aromatic carbocycles. The lowest BCUT2D eigenvalue weighted by atomic mass is 9.81. The first-order valence-corrected chi connectivity index (χ1v) is 46.1. The molecular formula is C126H83N7. The molecule has 7 heteroatoms. The summed E-state index contributed by atoms with van der Waals surface area (Å²) in [5.41, 5.74) is 30.2. The van der Waals surface area contributed by atoms with E-state index in [1.54, 1.807) is 0 Å². The number of aromatic nitrogens is 7. The van der Waals surface area contributed by atoms with Gasteiger partial charge in [0.15, 0.2) is 0 Å². The van der Waals surface area contributed by atoms with E-state index in [0.29, 0.717) is 11.9 Å². The Labute approximate surface area is 767 Å². The Morgan fingerprint density at radius 2 is 0.444 bits per heavy atom. The van der Waals surface area contributed by atoms with E-state index in [2.05, 4.69) is 472 Å². The van der Waals surface area contributed by atoms with Crippen LogP contribution in [0.1, 0.15) is 49.9 Å². The number of hydrogen-bond donors (Lipinski definition) is 0. The number of nitrogens with zero attached hydrogens (tertiary/aromatic N) is 7. The first kappa shape index (κ1) is 76.1. The Bertz CT molecular complexity index is 9310.